The number of hydroxylamine groups is 2. The number of nitrogens with zero attached hydrogens (tertiary/aromatic N) is 1. The van der Waals surface area contributed by atoms with Crippen molar-refractivity contribution in [3.63, 3.8) is 0 Å². The highest BCUT2D eigenvalue weighted by atomic mass is 32.1. The third-order valence-corrected chi connectivity index (χ3v) is 2.90. The number of carbonyl (C=O) groups is 1. The summed E-state index contributed by atoms with van der Waals surface area (Å²) < 4.78 is 5.01. The molecule has 0 spiro atoms. The van der Waals surface area contributed by atoms with E-state index in [1.807, 2.05) is 5.38 Å². The zero-order valence-electron chi connectivity index (χ0n) is 7.86. The first kappa shape index (κ1) is 9.48. The molecule has 0 atom stereocenters. The molecule has 1 aliphatic rings. The van der Waals surface area contributed by atoms with E-state index in [9.17, 15) is 4.79 Å². The molecular weight excluding hydrogens is 202 g/mol. The van der Waals surface area contributed by atoms with Crippen LogP contribution in [0, 0.1) is 0 Å². The Morgan fingerprint density at radius 1 is 1.71 bits per heavy atom. The lowest BCUT2D eigenvalue weighted by Gasteiger charge is -2.11. The molecular formula is C9H11NO3S. The molecule has 5 heteroatoms. The van der Waals surface area contributed by atoms with Gasteiger partial charge < -0.3 is 4.74 Å². The molecule has 0 bridgehead atoms. The Morgan fingerprint density at radius 3 is 3.14 bits per heavy atom. The van der Waals surface area contributed by atoms with Crippen molar-refractivity contribution in [2.24, 2.45) is 0 Å². The molecule has 1 aromatic heterocycles. The maximum Gasteiger partial charge on any atom is 0.287 e. The highest BCUT2D eigenvalue weighted by molar-refractivity contribution is 7.12. The van der Waals surface area contributed by atoms with E-state index in [4.69, 9.17) is 9.57 Å². The zero-order valence-corrected chi connectivity index (χ0v) is 8.67. The van der Waals surface area contributed by atoms with Crippen LogP contribution in [0.4, 0.5) is 0 Å². The number of ether oxygens (including phenoxy) is 1. The van der Waals surface area contributed by atoms with Crippen LogP contribution in [0.25, 0.3) is 0 Å². The number of hydrogen-bond acceptors (Lipinski definition) is 4. The summed E-state index contributed by atoms with van der Waals surface area (Å²) >= 11 is 1.37. The second kappa shape index (κ2) is 3.98. The molecule has 2 rings (SSSR count). The topological polar surface area (TPSA) is 38.8 Å². The van der Waals surface area contributed by atoms with E-state index < -0.39 is 0 Å². The van der Waals surface area contributed by atoms with Crippen molar-refractivity contribution >= 4 is 17.2 Å². The summed E-state index contributed by atoms with van der Waals surface area (Å²) in [7, 11) is 1.59. The van der Waals surface area contributed by atoms with Crippen LogP contribution in [-0.2, 0) is 4.84 Å². The molecule has 76 valence electrons. The Hall–Kier alpha value is -1.07. The van der Waals surface area contributed by atoms with Crippen molar-refractivity contribution in [1.29, 1.82) is 0 Å². The average Bonchev–Trinajstić information content (AvgIpc) is 2.88. The van der Waals surface area contributed by atoms with E-state index in [-0.39, 0.29) is 5.91 Å². The van der Waals surface area contributed by atoms with E-state index in [0.29, 0.717) is 18.0 Å². The van der Waals surface area contributed by atoms with Gasteiger partial charge in [-0.3, -0.25) is 9.63 Å². The minimum atomic E-state index is -0.0733. The maximum atomic E-state index is 11.7. The summed E-state index contributed by atoms with van der Waals surface area (Å²) in [6.07, 6.45) is 0.911. The Balaban J connectivity index is 2.09. The van der Waals surface area contributed by atoms with Gasteiger partial charge in [-0.1, -0.05) is 0 Å². The quantitative estimate of drug-likeness (QED) is 0.748. The van der Waals surface area contributed by atoms with Gasteiger partial charge >= 0.3 is 0 Å². The van der Waals surface area contributed by atoms with Gasteiger partial charge in [0.1, 0.15) is 5.75 Å². The van der Waals surface area contributed by atoms with Gasteiger partial charge in [-0.05, 0) is 6.42 Å². The molecule has 1 aliphatic heterocycles. The molecule has 1 fully saturated rings. The Morgan fingerprint density at radius 2 is 2.57 bits per heavy atom. The van der Waals surface area contributed by atoms with Crippen LogP contribution in [0.3, 0.4) is 0 Å². The lowest BCUT2D eigenvalue weighted by atomic mass is 10.4. The SMILES string of the molecule is COc1csc(C(=O)N2CCCO2)c1. The molecule has 14 heavy (non-hydrogen) atoms. The van der Waals surface area contributed by atoms with Crippen molar-refractivity contribution in [3.05, 3.63) is 16.3 Å². The van der Waals surface area contributed by atoms with Crippen molar-refractivity contribution < 1.29 is 14.4 Å². The number of rotatable bonds is 2. The van der Waals surface area contributed by atoms with E-state index in [0.717, 1.165) is 12.2 Å². The normalized spacial score (nSPS) is 15.9. The Labute approximate surface area is 86.0 Å². The standard InChI is InChI=1S/C9H11NO3S/c1-12-7-5-8(14-6-7)9(11)10-3-2-4-13-10/h5-6H,2-4H2,1H3. The number of hydrogen-bond donors (Lipinski definition) is 0. The smallest absolute Gasteiger partial charge is 0.287 e. The van der Waals surface area contributed by atoms with E-state index in [1.54, 1.807) is 13.2 Å². The average molecular weight is 213 g/mol. The highest BCUT2D eigenvalue weighted by Gasteiger charge is 2.22. The van der Waals surface area contributed by atoms with Crippen molar-refractivity contribution in [3.8, 4) is 5.75 Å². The fourth-order valence-electron chi connectivity index (χ4n) is 1.27. The second-order valence-corrected chi connectivity index (χ2v) is 3.86. The summed E-state index contributed by atoms with van der Waals surface area (Å²) in [5.74, 6) is 0.647. The number of carbonyl (C=O) groups excluding carboxylic acids is 1. The van der Waals surface area contributed by atoms with E-state index in [1.165, 1.54) is 16.4 Å². The molecule has 0 unspecified atom stereocenters. The molecule has 1 amide bonds. The fourth-order valence-corrected chi connectivity index (χ4v) is 2.06. The van der Waals surface area contributed by atoms with Crippen LogP contribution < -0.4 is 4.74 Å². The Kier molecular flexibility index (Phi) is 2.69. The first-order valence-electron chi connectivity index (χ1n) is 4.38. The fraction of sp³-hybridized carbons (Fsp3) is 0.444. The van der Waals surface area contributed by atoms with E-state index in [2.05, 4.69) is 0 Å². The monoisotopic (exact) mass is 213 g/mol. The third-order valence-electron chi connectivity index (χ3n) is 2.00. The molecule has 0 N–H and O–H groups in total. The lowest BCUT2D eigenvalue weighted by Crippen LogP contribution is -2.25. The second-order valence-electron chi connectivity index (χ2n) is 2.94. The maximum absolute atomic E-state index is 11.7. The summed E-state index contributed by atoms with van der Waals surface area (Å²) in [6.45, 7) is 1.31. The van der Waals surface area contributed by atoms with Crippen LogP contribution in [0.5, 0.6) is 5.75 Å². The van der Waals surface area contributed by atoms with Crippen LogP contribution in [-0.4, -0.2) is 31.2 Å². The largest absolute Gasteiger partial charge is 0.496 e. The van der Waals surface area contributed by atoms with Crippen molar-refractivity contribution in [2.75, 3.05) is 20.3 Å². The molecule has 1 saturated heterocycles. The molecule has 0 radical (unpaired) electrons. The molecule has 2 heterocycles. The zero-order chi connectivity index (χ0) is 9.97. The van der Waals surface area contributed by atoms with Crippen LogP contribution in [0.15, 0.2) is 11.4 Å². The third kappa shape index (κ3) is 1.73. The first-order valence-corrected chi connectivity index (χ1v) is 5.26. The highest BCUT2D eigenvalue weighted by Crippen LogP contribution is 2.23. The number of amides is 1. The predicted molar refractivity (Wildman–Crippen MR) is 52.5 cm³/mol. The predicted octanol–water partition coefficient (Wildman–Crippen LogP) is 1.53. The van der Waals surface area contributed by atoms with Gasteiger partial charge in [-0.15, -0.1) is 11.3 Å². The number of thiophene rings is 1. The lowest BCUT2D eigenvalue weighted by molar-refractivity contribution is -0.0765. The van der Waals surface area contributed by atoms with Crippen LogP contribution in [0.2, 0.25) is 0 Å². The molecule has 0 saturated carbocycles. The summed E-state index contributed by atoms with van der Waals surface area (Å²) in [4.78, 5) is 17.5. The number of methoxy groups -OCH3 is 1. The molecule has 4 nitrogen and oxygen atoms in total. The Bertz CT molecular complexity index is 331. The molecule has 0 aromatic carbocycles. The van der Waals surface area contributed by atoms with Crippen molar-refractivity contribution in [1.82, 2.24) is 5.06 Å². The van der Waals surface area contributed by atoms with Crippen LogP contribution in [0.1, 0.15) is 16.1 Å². The molecule has 0 aliphatic carbocycles. The van der Waals surface area contributed by atoms with Crippen LogP contribution >= 0.6 is 11.3 Å². The van der Waals surface area contributed by atoms with Gasteiger partial charge in [0.2, 0.25) is 0 Å². The van der Waals surface area contributed by atoms with Gasteiger partial charge in [0.15, 0.2) is 0 Å². The van der Waals surface area contributed by atoms with Gasteiger partial charge in [0.05, 0.1) is 25.1 Å². The molecule has 1 aromatic rings. The minimum Gasteiger partial charge on any atom is -0.496 e. The minimum absolute atomic E-state index is 0.0733. The van der Waals surface area contributed by atoms with Gasteiger partial charge in [0, 0.05) is 11.4 Å². The van der Waals surface area contributed by atoms with Gasteiger partial charge in [-0.25, -0.2) is 5.06 Å². The first-order chi connectivity index (χ1) is 6.81. The summed E-state index contributed by atoms with van der Waals surface area (Å²) in [6, 6.07) is 1.73. The summed E-state index contributed by atoms with van der Waals surface area (Å²) in [5.41, 5.74) is 0. The van der Waals surface area contributed by atoms with Gasteiger partial charge in [-0.2, -0.15) is 0 Å². The van der Waals surface area contributed by atoms with Gasteiger partial charge in [0.25, 0.3) is 5.91 Å². The van der Waals surface area contributed by atoms with E-state index >= 15 is 0 Å². The van der Waals surface area contributed by atoms with Crippen molar-refractivity contribution in [2.45, 2.75) is 6.42 Å². The summed E-state index contributed by atoms with van der Waals surface area (Å²) in [5, 5.41) is 3.22.